The molecule has 0 unspecified atom stereocenters. The zero-order valence-corrected chi connectivity index (χ0v) is 13.9. The number of amides is 2. The normalized spacial score (nSPS) is 14.0. The van der Waals surface area contributed by atoms with Crippen LogP contribution in [0.15, 0.2) is 70.3 Å². The molecule has 1 aliphatic rings. The molecule has 0 saturated heterocycles. The summed E-state index contributed by atoms with van der Waals surface area (Å²) >= 11 is 0. The number of nitrogens with one attached hydrogen (secondary N) is 1. The van der Waals surface area contributed by atoms with Crippen LogP contribution >= 0.6 is 0 Å². The highest BCUT2D eigenvalue weighted by atomic mass is 16.5. The van der Waals surface area contributed by atoms with Crippen LogP contribution in [-0.4, -0.2) is 24.4 Å². The van der Waals surface area contributed by atoms with Gasteiger partial charge in [-0.05, 0) is 31.2 Å². The fourth-order valence-corrected chi connectivity index (χ4v) is 2.36. The van der Waals surface area contributed by atoms with Gasteiger partial charge >= 0.3 is 5.97 Å². The van der Waals surface area contributed by atoms with E-state index in [1.54, 1.807) is 55.5 Å². The molecule has 1 heterocycles. The first kappa shape index (κ1) is 17.2. The number of rotatable bonds is 4. The number of carbonyl (C=O) groups excluding carboxylic acids is 3. The molecule has 0 fully saturated rings. The maximum atomic E-state index is 12.3. The van der Waals surface area contributed by atoms with Gasteiger partial charge in [-0.25, -0.2) is 14.8 Å². The summed E-state index contributed by atoms with van der Waals surface area (Å²) in [5, 5.41) is 3.54. The van der Waals surface area contributed by atoms with Crippen molar-refractivity contribution < 1.29 is 19.1 Å². The van der Waals surface area contributed by atoms with Crippen LogP contribution in [-0.2, 0) is 14.3 Å². The number of anilines is 1. The van der Waals surface area contributed by atoms with Crippen molar-refractivity contribution in [3.05, 3.63) is 76.6 Å². The van der Waals surface area contributed by atoms with Gasteiger partial charge in [0.15, 0.2) is 0 Å². The van der Waals surface area contributed by atoms with E-state index in [9.17, 15) is 14.4 Å². The van der Waals surface area contributed by atoms with E-state index in [0.717, 1.165) is 6.08 Å². The topological polar surface area (TPSA) is 97.2 Å². The van der Waals surface area contributed by atoms with Crippen molar-refractivity contribution >= 4 is 23.5 Å². The summed E-state index contributed by atoms with van der Waals surface area (Å²) in [7, 11) is 0. The van der Waals surface area contributed by atoms with E-state index in [4.69, 9.17) is 4.74 Å². The third kappa shape index (κ3) is 3.72. The van der Waals surface area contributed by atoms with Crippen LogP contribution in [0.4, 0.5) is 5.69 Å². The Morgan fingerprint density at radius 3 is 2.42 bits per heavy atom. The van der Waals surface area contributed by atoms with Gasteiger partial charge in [0.05, 0.1) is 28.6 Å². The number of hydrogen-bond acceptors (Lipinski definition) is 5. The predicted octanol–water partition coefficient (Wildman–Crippen LogP) is 1.17. The molecule has 1 aliphatic heterocycles. The summed E-state index contributed by atoms with van der Waals surface area (Å²) in [5.41, 5.74) is 0.436. The van der Waals surface area contributed by atoms with Gasteiger partial charge in [-0.3, -0.25) is 9.59 Å². The third-order valence-electron chi connectivity index (χ3n) is 3.51. The second-order valence-electron chi connectivity index (χ2n) is 5.30. The molecule has 3 rings (SSSR count). The molecule has 7 nitrogen and oxygen atoms in total. The summed E-state index contributed by atoms with van der Waals surface area (Å²) in [5.74, 6) is -1.74. The third-order valence-corrected chi connectivity index (χ3v) is 3.51. The SMILES string of the molecule is CCOC(=O)c1ccccc1NC(=O)/C=C1/N=c2ccccc2=NC1=O. The van der Waals surface area contributed by atoms with Crippen molar-refractivity contribution in [2.24, 2.45) is 9.98 Å². The van der Waals surface area contributed by atoms with Crippen LogP contribution in [0.1, 0.15) is 17.3 Å². The Labute approximate surface area is 148 Å². The fourth-order valence-electron chi connectivity index (χ4n) is 2.36. The van der Waals surface area contributed by atoms with Crippen molar-refractivity contribution in [2.75, 3.05) is 11.9 Å². The minimum Gasteiger partial charge on any atom is -0.462 e. The summed E-state index contributed by atoms with van der Waals surface area (Å²) in [6.07, 6.45) is 1.06. The number of nitrogens with zero attached hydrogens (tertiary/aromatic N) is 2. The lowest BCUT2D eigenvalue weighted by molar-refractivity contribution is -0.116. The Morgan fingerprint density at radius 1 is 1.04 bits per heavy atom. The number of ether oxygens (including phenoxy) is 1. The number of benzene rings is 2. The number of esters is 1. The standard InChI is InChI=1S/C19H15N3O4/c1-2-26-19(25)12-7-3-4-8-13(12)21-17(23)11-16-18(24)22-15-10-6-5-9-14(15)20-16/h3-11H,2H2,1H3,(H,21,23)/b16-11+. The average molecular weight is 349 g/mol. The van der Waals surface area contributed by atoms with Crippen LogP contribution in [0.5, 0.6) is 0 Å². The summed E-state index contributed by atoms with van der Waals surface area (Å²) < 4.78 is 4.96. The largest absolute Gasteiger partial charge is 0.462 e. The first-order valence-corrected chi connectivity index (χ1v) is 7.94. The quantitative estimate of drug-likeness (QED) is 0.662. The monoisotopic (exact) mass is 349 g/mol. The summed E-state index contributed by atoms with van der Waals surface area (Å²) in [4.78, 5) is 44.3. The number of para-hydroxylation sites is 3. The molecule has 26 heavy (non-hydrogen) atoms. The molecule has 0 aliphatic carbocycles. The fraction of sp³-hybridized carbons (Fsp3) is 0.105. The van der Waals surface area contributed by atoms with E-state index < -0.39 is 17.8 Å². The van der Waals surface area contributed by atoms with Crippen LogP contribution in [0.2, 0.25) is 0 Å². The van der Waals surface area contributed by atoms with Crippen molar-refractivity contribution in [2.45, 2.75) is 6.92 Å². The summed E-state index contributed by atoms with van der Waals surface area (Å²) in [6, 6.07) is 13.3. The lowest BCUT2D eigenvalue weighted by atomic mass is 10.1. The summed E-state index contributed by atoms with van der Waals surface area (Å²) in [6.45, 7) is 1.92. The van der Waals surface area contributed by atoms with E-state index >= 15 is 0 Å². The zero-order chi connectivity index (χ0) is 18.5. The molecular formula is C19H15N3O4. The lowest BCUT2D eigenvalue weighted by Crippen LogP contribution is -2.31. The predicted molar refractivity (Wildman–Crippen MR) is 92.9 cm³/mol. The molecule has 0 spiro atoms. The van der Waals surface area contributed by atoms with Crippen LogP contribution in [0, 0.1) is 0 Å². The van der Waals surface area contributed by atoms with Crippen molar-refractivity contribution in [3.63, 3.8) is 0 Å². The minimum atomic E-state index is -0.600. The smallest absolute Gasteiger partial charge is 0.340 e. The molecule has 0 saturated carbocycles. The second kappa shape index (κ2) is 7.52. The van der Waals surface area contributed by atoms with Gasteiger partial charge in [-0.2, -0.15) is 0 Å². The van der Waals surface area contributed by atoms with E-state index in [-0.39, 0.29) is 23.6 Å². The molecule has 0 radical (unpaired) electrons. The molecule has 2 aromatic carbocycles. The average Bonchev–Trinajstić information content (AvgIpc) is 2.63. The van der Waals surface area contributed by atoms with Gasteiger partial charge in [0, 0.05) is 6.08 Å². The highest BCUT2D eigenvalue weighted by molar-refractivity contribution is 6.08. The van der Waals surface area contributed by atoms with Gasteiger partial charge in [0.25, 0.3) is 11.8 Å². The number of carbonyl (C=O) groups is 3. The minimum absolute atomic E-state index is 0.0742. The molecular weight excluding hydrogens is 334 g/mol. The van der Waals surface area contributed by atoms with E-state index in [1.807, 2.05) is 0 Å². The van der Waals surface area contributed by atoms with Gasteiger partial charge in [0.1, 0.15) is 5.70 Å². The first-order valence-electron chi connectivity index (χ1n) is 7.94. The lowest BCUT2D eigenvalue weighted by Gasteiger charge is -2.09. The van der Waals surface area contributed by atoms with Crippen molar-refractivity contribution in [1.82, 2.24) is 0 Å². The molecule has 7 heteroatoms. The Bertz CT molecular complexity index is 1040. The van der Waals surface area contributed by atoms with Crippen LogP contribution < -0.4 is 16.0 Å². The van der Waals surface area contributed by atoms with E-state index in [1.165, 1.54) is 0 Å². The second-order valence-corrected chi connectivity index (χ2v) is 5.30. The molecule has 0 atom stereocenters. The molecule has 1 N–H and O–H groups in total. The van der Waals surface area contributed by atoms with Crippen LogP contribution in [0.25, 0.3) is 0 Å². The molecule has 0 aromatic heterocycles. The Kier molecular flexibility index (Phi) is 4.98. The Balaban J connectivity index is 1.86. The molecule has 2 aromatic rings. The van der Waals surface area contributed by atoms with Gasteiger partial charge in [0.2, 0.25) is 0 Å². The number of hydrogen-bond donors (Lipinski definition) is 1. The Morgan fingerprint density at radius 2 is 1.69 bits per heavy atom. The number of fused-ring (bicyclic) bond motifs is 1. The molecule has 0 bridgehead atoms. The highest BCUT2D eigenvalue weighted by Crippen LogP contribution is 2.16. The maximum Gasteiger partial charge on any atom is 0.340 e. The van der Waals surface area contributed by atoms with Crippen LogP contribution in [0.3, 0.4) is 0 Å². The highest BCUT2D eigenvalue weighted by Gasteiger charge is 2.16. The van der Waals surface area contributed by atoms with Crippen molar-refractivity contribution in [3.8, 4) is 0 Å². The van der Waals surface area contributed by atoms with Crippen molar-refractivity contribution in [1.29, 1.82) is 0 Å². The Hall–Kier alpha value is -3.61. The maximum absolute atomic E-state index is 12.3. The molecule has 2 amide bonds. The van der Waals surface area contributed by atoms with E-state index in [2.05, 4.69) is 15.3 Å². The van der Waals surface area contributed by atoms with Gasteiger partial charge < -0.3 is 10.1 Å². The molecule has 130 valence electrons. The first-order chi connectivity index (χ1) is 12.6. The zero-order valence-electron chi connectivity index (χ0n) is 13.9. The van der Waals surface area contributed by atoms with Gasteiger partial charge in [-0.15, -0.1) is 0 Å². The van der Waals surface area contributed by atoms with E-state index in [0.29, 0.717) is 10.7 Å². The van der Waals surface area contributed by atoms with Gasteiger partial charge in [-0.1, -0.05) is 24.3 Å².